The highest BCUT2D eigenvalue weighted by Crippen LogP contribution is 2.27. The zero-order valence-electron chi connectivity index (χ0n) is 11.2. The summed E-state index contributed by atoms with van der Waals surface area (Å²) in [6, 6.07) is 5.12. The van der Waals surface area contributed by atoms with Crippen LogP contribution >= 0.6 is 0 Å². The highest BCUT2D eigenvalue weighted by molar-refractivity contribution is 5.55. The Labute approximate surface area is 104 Å². The third-order valence-corrected chi connectivity index (χ3v) is 2.88. The summed E-state index contributed by atoms with van der Waals surface area (Å²) in [5.74, 6) is -0.221. The van der Waals surface area contributed by atoms with Crippen molar-refractivity contribution in [3.05, 3.63) is 29.6 Å². The summed E-state index contributed by atoms with van der Waals surface area (Å²) in [5, 5.41) is 0. The van der Waals surface area contributed by atoms with Crippen LogP contribution in [-0.2, 0) is 0 Å². The highest BCUT2D eigenvalue weighted by atomic mass is 19.1. The van der Waals surface area contributed by atoms with Crippen LogP contribution < -0.4 is 10.6 Å². The average molecular weight is 238 g/mol. The molecule has 1 atom stereocenters. The van der Waals surface area contributed by atoms with Crippen molar-refractivity contribution in [3.8, 4) is 0 Å². The first-order valence-electron chi connectivity index (χ1n) is 6.29. The van der Waals surface area contributed by atoms with Gasteiger partial charge in [0.15, 0.2) is 0 Å². The monoisotopic (exact) mass is 238 g/mol. The molecule has 3 heteroatoms. The van der Waals surface area contributed by atoms with Gasteiger partial charge in [0.2, 0.25) is 0 Å². The lowest BCUT2D eigenvalue weighted by Gasteiger charge is -2.31. The third-order valence-electron chi connectivity index (χ3n) is 2.88. The van der Waals surface area contributed by atoms with E-state index in [1.54, 1.807) is 6.07 Å². The summed E-state index contributed by atoms with van der Waals surface area (Å²) in [4.78, 5) is 2.28. The van der Waals surface area contributed by atoms with Crippen LogP contribution in [0.5, 0.6) is 0 Å². The van der Waals surface area contributed by atoms with Crippen molar-refractivity contribution >= 4 is 5.69 Å². The van der Waals surface area contributed by atoms with Crippen molar-refractivity contribution in [1.82, 2.24) is 0 Å². The molecule has 0 aliphatic carbocycles. The van der Waals surface area contributed by atoms with E-state index in [0.717, 1.165) is 24.2 Å². The summed E-state index contributed by atoms with van der Waals surface area (Å²) < 4.78 is 13.3. The number of nitrogens with two attached hydrogens (primary N) is 1. The van der Waals surface area contributed by atoms with E-state index in [2.05, 4.69) is 25.7 Å². The summed E-state index contributed by atoms with van der Waals surface area (Å²) in [7, 11) is 0. The number of hydrogen-bond donors (Lipinski definition) is 1. The second-order valence-electron chi connectivity index (χ2n) is 4.78. The Morgan fingerprint density at radius 3 is 2.41 bits per heavy atom. The smallest absolute Gasteiger partial charge is 0.123 e. The molecule has 96 valence electrons. The van der Waals surface area contributed by atoms with Crippen LogP contribution in [0.1, 0.15) is 45.7 Å². The quantitative estimate of drug-likeness (QED) is 0.851. The first kappa shape index (κ1) is 14.0. The van der Waals surface area contributed by atoms with Gasteiger partial charge in [-0.1, -0.05) is 6.92 Å². The molecule has 0 aromatic heterocycles. The van der Waals surface area contributed by atoms with Gasteiger partial charge in [-0.3, -0.25) is 0 Å². The summed E-state index contributed by atoms with van der Waals surface area (Å²) in [6.07, 6.45) is 1.06. The fourth-order valence-electron chi connectivity index (χ4n) is 2.05. The van der Waals surface area contributed by atoms with Gasteiger partial charge in [-0.25, -0.2) is 4.39 Å². The number of hydrogen-bond acceptors (Lipinski definition) is 2. The Morgan fingerprint density at radius 2 is 1.94 bits per heavy atom. The molecule has 1 aromatic rings. The number of nitrogens with zero attached hydrogens (tertiary/aromatic N) is 1. The maximum absolute atomic E-state index is 13.3. The van der Waals surface area contributed by atoms with Crippen LogP contribution in [0.2, 0.25) is 0 Å². The van der Waals surface area contributed by atoms with Crippen molar-refractivity contribution in [2.75, 3.05) is 11.4 Å². The summed E-state index contributed by atoms with van der Waals surface area (Å²) in [5.41, 5.74) is 7.86. The van der Waals surface area contributed by atoms with Crippen molar-refractivity contribution in [2.24, 2.45) is 5.73 Å². The predicted octanol–water partition coefficient (Wildman–Crippen LogP) is 3.47. The summed E-state index contributed by atoms with van der Waals surface area (Å²) >= 11 is 0. The van der Waals surface area contributed by atoms with Gasteiger partial charge in [0.05, 0.1) is 0 Å². The molecule has 0 unspecified atom stereocenters. The lowest BCUT2D eigenvalue weighted by molar-refractivity contribution is 0.617. The predicted molar refractivity (Wildman–Crippen MR) is 71.8 cm³/mol. The van der Waals surface area contributed by atoms with Gasteiger partial charge in [-0.15, -0.1) is 0 Å². The maximum Gasteiger partial charge on any atom is 0.123 e. The maximum atomic E-state index is 13.3. The minimum Gasteiger partial charge on any atom is -0.369 e. The molecule has 0 bridgehead atoms. The van der Waals surface area contributed by atoms with Gasteiger partial charge >= 0.3 is 0 Å². The SMILES string of the molecule is CCCN(c1ccc(F)cc1[C@H](C)N)C(C)C. The minimum absolute atomic E-state index is 0.154. The van der Waals surface area contributed by atoms with Crippen molar-refractivity contribution in [2.45, 2.75) is 46.2 Å². The van der Waals surface area contributed by atoms with E-state index in [9.17, 15) is 4.39 Å². The normalized spacial score (nSPS) is 12.9. The zero-order valence-corrected chi connectivity index (χ0v) is 11.2. The van der Waals surface area contributed by atoms with Crippen LogP contribution in [0.3, 0.4) is 0 Å². The van der Waals surface area contributed by atoms with Gasteiger partial charge in [0.1, 0.15) is 5.82 Å². The number of halogens is 1. The molecule has 1 rings (SSSR count). The molecule has 17 heavy (non-hydrogen) atoms. The summed E-state index contributed by atoms with van der Waals surface area (Å²) in [6.45, 7) is 9.28. The van der Waals surface area contributed by atoms with Crippen LogP contribution in [0.25, 0.3) is 0 Å². The zero-order chi connectivity index (χ0) is 13.0. The van der Waals surface area contributed by atoms with E-state index in [-0.39, 0.29) is 11.9 Å². The molecule has 0 amide bonds. The molecular weight excluding hydrogens is 215 g/mol. The Bertz CT molecular complexity index is 361. The van der Waals surface area contributed by atoms with Gasteiger partial charge in [0.25, 0.3) is 0 Å². The second kappa shape index (κ2) is 6.01. The molecule has 0 fully saturated rings. The lowest BCUT2D eigenvalue weighted by Crippen LogP contribution is -2.33. The van der Waals surface area contributed by atoms with E-state index in [1.165, 1.54) is 6.07 Å². The minimum atomic E-state index is -0.221. The van der Waals surface area contributed by atoms with Crippen LogP contribution in [0, 0.1) is 5.82 Å². The number of anilines is 1. The standard InChI is InChI=1S/C14H23FN2/c1-5-8-17(10(2)3)14-7-6-12(15)9-13(14)11(4)16/h6-7,9-11H,5,8,16H2,1-4H3/t11-/m0/s1. The molecule has 1 aromatic carbocycles. The molecule has 0 aliphatic heterocycles. The van der Waals surface area contributed by atoms with Gasteiger partial charge in [-0.2, -0.15) is 0 Å². The Hall–Kier alpha value is -1.09. The average Bonchev–Trinajstić information content (AvgIpc) is 2.26. The van der Waals surface area contributed by atoms with Crippen LogP contribution in [0.15, 0.2) is 18.2 Å². The van der Waals surface area contributed by atoms with Crippen molar-refractivity contribution in [3.63, 3.8) is 0 Å². The molecular formula is C14H23FN2. The van der Waals surface area contributed by atoms with Crippen LogP contribution in [0.4, 0.5) is 10.1 Å². The number of rotatable bonds is 5. The fraction of sp³-hybridized carbons (Fsp3) is 0.571. The molecule has 2 N–H and O–H groups in total. The van der Waals surface area contributed by atoms with E-state index >= 15 is 0 Å². The first-order chi connectivity index (χ1) is 7.97. The Kier molecular flexibility index (Phi) is 4.94. The fourth-order valence-corrected chi connectivity index (χ4v) is 2.05. The molecule has 0 saturated carbocycles. The molecule has 2 nitrogen and oxygen atoms in total. The number of benzene rings is 1. The molecule has 0 heterocycles. The van der Waals surface area contributed by atoms with Crippen molar-refractivity contribution < 1.29 is 4.39 Å². The van der Waals surface area contributed by atoms with E-state index in [1.807, 2.05) is 13.0 Å². The van der Waals surface area contributed by atoms with Gasteiger partial charge in [-0.05, 0) is 51.0 Å². The lowest BCUT2D eigenvalue weighted by atomic mass is 10.0. The van der Waals surface area contributed by atoms with Crippen LogP contribution in [-0.4, -0.2) is 12.6 Å². The van der Waals surface area contributed by atoms with Gasteiger partial charge < -0.3 is 10.6 Å². The van der Waals surface area contributed by atoms with Crippen molar-refractivity contribution in [1.29, 1.82) is 0 Å². The molecule has 0 spiro atoms. The van der Waals surface area contributed by atoms with E-state index < -0.39 is 0 Å². The topological polar surface area (TPSA) is 29.3 Å². The largest absolute Gasteiger partial charge is 0.369 e. The Morgan fingerprint density at radius 1 is 1.29 bits per heavy atom. The molecule has 0 saturated heterocycles. The molecule has 0 aliphatic rings. The van der Waals surface area contributed by atoms with Gasteiger partial charge in [0, 0.05) is 24.3 Å². The molecule has 0 radical (unpaired) electrons. The van der Waals surface area contributed by atoms with E-state index in [0.29, 0.717) is 6.04 Å². The Balaban J connectivity index is 3.17. The second-order valence-corrected chi connectivity index (χ2v) is 4.78. The van der Waals surface area contributed by atoms with E-state index in [4.69, 9.17) is 5.73 Å². The first-order valence-corrected chi connectivity index (χ1v) is 6.29. The highest BCUT2D eigenvalue weighted by Gasteiger charge is 2.16. The third kappa shape index (κ3) is 3.43.